The van der Waals surface area contributed by atoms with E-state index in [2.05, 4.69) is 10.1 Å². The van der Waals surface area contributed by atoms with Gasteiger partial charge in [-0.05, 0) is 26.0 Å². The van der Waals surface area contributed by atoms with E-state index in [9.17, 15) is 4.79 Å². The van der Waals surface area contributed by atoms with Gasteiger partial charge < -0.3 is 9.14 Å². The van der Waals surface area contributed by atoms with Crippen LogP contribution in [0, 0.1) is 13.8 Å². The highest BCUT2D eigenvalue weighted by Crippen LogP contribution is 2.18. The minimum atomic E-state index is -0.417. The van der Waals surface area contributed by atoms with Crippen LogP contribution >= 0.6 is 11.6 Å². The van der Waals surface area contributed by atoms with Crippen molar-refractivity contribution >= 4 is 29.3 Å². The fourth-order valence-corrected chi connectivity index (χ4v) is 2.80. The van der Waals surface area contributed by atoms with Crippen LogP contribution in [0.4, 0.5) is 0 Å². The fraction of sp³-hybridized carbons (Fsp3) is 0.235. The van der Waals surface area contributed by atoms with E-state index in [1.807, 2.05) is 27.1 Å². The van der Waals surface area contributed by atoms with Crippen LogP contribution in [0.3, 0.4) is 0 Å². The molecule has 0 aliphatic carbocycles. The van der Waals surface area contributed by atoms with Crippen LogP contribution < -0.4 is 0 Å². The van der Waals surface area contributed by atoms with Crippen molar-refractivity contribution in [3.63, 3.8) is 0 Å². The smallest absolute Gasteiger partial charge is 0.331 e. The average Bonchev–Trinajstić information content (AvgIpc) is 3.10. The molecule has 0 amide bonds. The number of hydrogen-bond acceptors (Lipinski definition) is 4. The molecule has 0 bridgehead atoms. The van der Waals surface area contributed by atoms with Crippen molar-refractivity contribution in [1.29, 1.82) is 0 Å². The standard InChI is InChI=1S/C17H17ClN4O2/c1-11-14(12(2)21(3)20-11)4-5-16(23)24-10-13-8-15(18)17-19-6-7-22(17)9-13/h4-9H,10H2,1-3H3. The molecular formula is C17H17ClN4O2. The van der Waals surface area contributed by atoms with E-state index < -0.39 is 5.97 Å². The van der Waals surface area contributed by atoms with Crippen molar-refractivity contribution in [2.75, 3.05) is 0 Å². The van der Waals surface area contributed by atoms with Gasteiger partial charge in [0.15, 0.2) is 5.65 Å². The van der Waals surface area contributed by atoms with E-state index in [0.29, 0.717) is 10.7 Å². The molecule has 124 valence electrons. The molecule has 0 N–H and O–H groups in total. The van der Waals surface area contributed by atoms with Gasteiger partial charge in [0.25, 0.3) is 0 Å². The largest absolute Gasteiger partial charge is 0.458 e. The Bertz CT molecular complexity index is 940. The highest BCUT2D eigenvalue weighted by Gasteiger charge is 2.08. The summed E-state index contributed by atoms with van der Waals surface area (Å²) in [6.45, 7) is 4.00. The third-order valence-electron chi connectivity index (χ3n) is 3.83. The van der Waals surface area contributed by atoms with Gasteiger partial charge in [-0.1, -0.05) is 11.6 Å². The first-order valence-electron chi connectivity index (χ1n) is 7.42. The minimum Gasteiger partial charge on any atom is -0.458 e. The second-order valence-corrected chi connectivity index (χ2v) is 5.91. The SMILES string of the molecule is Cc1nn(C)c(C)c1C=CC(=O)OCc1cc(Cl)c2nccn2c1. The number of hydrogen-bond donors (Lipinski definition) is 0. The lowest BCUT2D eigenvalue weighted by atomic mass is 10.2. The molecule has 0 fully saturated rings. The lowest BCUT2D eigenvalue weighted by Crippen LogP contribution is -2.02. The fourth-order valence-electron chi connectivity index (χ4n) is 2.51. The number of esters is 1. The molecule has 0 spiro atoms. The van der Waals surface area contributed by atoms with E-state index in [1.165, 1.54) is 6.08 Å². The normalized spacial score (nSPS) is 11.5. The summed E-state index contributed by atoms with van der Waals surface area (Å²) in [5.74, 6) is -0.417. The van der Waals surface area contributed by atoms with E-state index in [0.717, 1.165) is 22.5 Å². The Hall–Kier alpha value is -2.60. The zero-order valence-corrected chi connectivity index (χ0v) is 14.4. The molecule has 0 aliphatic rings. The molecule has 3 rings (SSSR count). The molecule has 0 saturated carbocycles. The van der Waals surface area contributed by atoms with Crippen LogP contribution in [0.25, 0.3) is 11.7 Å². The average molecular weight is 345 g/mol. The third-order valence-corrected chi connectivity index (χ3v) is 4.11. The summed E-state index contributed by atoms with van der Waals surface area (Å²) in [5, 5.41) is 4.82. The Morgan fingerprint density at radius 3 is 2.92 bits per heavy atom. The van der Waals surface area contributed by atoms with Gasteiger partial charge in [0, 0.05) is 48.5 Å². The first-order valence-corrected chi connectivity index (χ1v) is 7.79. The molecule has 7 heteroatoms. The Morgan fingerprint density at radius 2 is 2.21 bits per heavy atom. The van der Waals surface area contributed by atoms with Crippen molar-refractivity contribution in [3.05, 3.63) is 58.3 Å². The summed E-state index contributed by atoms with van der Waals surface area (Å²) in [6.07, 6.45) is 8.43. The van der Waals surface area contributed by atoms with Crippen LogP contribution in [-0.4, -0.2) is 25.1 Å². The third kappa shape index (κ3) is 3.19. The summed E-state index contributed by atoms with van der Waals surface area (Å²) in [4.78, 5) is 16.1. The number of carbonyl (C=O) groups is 1. The van der Waals surface area contributed by atoms with Crippen LogP contribution in [0.15, 0.2) is 30.7 Å². The lowest BCUT2D eigenvalue weighted by Gasteiger charge is -2.05. The summed E-state index contributed by atoms with van der Waals surface area (Å²) >= 11 is 6.15. The monoisotopic (exact) mass is 344 g/mol. The zero-order chi connectivity index (χ0) is 17.3. The lowest BCUT2D eigenvalue weighted by molar-refractivity contribution is -0.138. The molecule has 0 radical (unpaired) electrons. The van der Waals surface area contributed by atoms with E-state index in [1.54, 1.807) is 33.6 Å². The maximum atomic E-state index is 11.9. The number of nitrogens with zero attached hydrogens (tertiary/aromatic N) is 4. The quantitative estimate of drug-likeness (QED) is 0.539. The molecule has 0 atom stereocenters. The van der Waals surface area contributed by atoms with Gasteiger partial charge in [0.05, 0.1) is 10.7 Å². The molecule has 3 aromatic heterocycles. The number of pyridine rings is 1. The van der Waals surface area contributed by atoms with Crippen molar-refractivity contribution in [3.8, 4) is 0 Å². The molecule has 6 nitrogen and oxygen atoms in total. The number of carbonyl (C=O) groups excluding carboxylic acids is 1. The van der Waals surface area contributed by atoms with Gasteiger partial charge in [0.1, 0.15) is 6.61 Å². The minimum absolute atomic E-state index is 0.141. The Labute approximate surface area is 144 Å². The van der Waals surface area contributed by atoms with Crippen LogP contribution in [0.1, 0.15) is 22.5 Å². The summed E-state index contributed by atoms with van der Waals surface area (Å²) in [6, 6.07) is 1.75. The summed E-state index contributed by atoms with van der Waals surface area (Å²) in [7, 11) is 1.87. The molecule has 3 aromatic rings. The predicted molar refractivity (Wildman–Crippen MR) is 91.7 cm³/mol. The molecule has 0 saturated heterocycles. The highest BCUT2D eigenvalue weighted by atomic mass is 35.5. The molecule has 3 heterocycles. The van der Waals surface area contributed by atoms with E-state index in [-0.39, 0.29) is 6.61 Å². The van der Waals surface area contributed by atoms with Gasteiger partial charge in [-0.15, -0.1) is 0 Å². The van der Waals surface area contributed by atoms with Gasteiger partial charge in [0.2, 0.25) is 0 Å². The number of aryl methyl sites for hydroxylation is 2. The summed E-state index contributed by atoms with van der Waals surface area (Å²) in [5.41, 5.74) is 4.26. The molecule has 0 aromatic carbocycles. The number of rotatable bonds is 4. The topological polar surface area (TPSA) is 61.4 Å². The van der Waals surface area contributed by atoms with Gasteiger partial charge in [-0.25, -0.2) is 9.78 Å². The Kier molecular flexibility index (Phi) is 4.40. The highest BCUT2D eigenvalue weighted by molar-refractivity contribution is 6.33. The van der Waals surface area contributed by atoms with Crippen LogP contribution in [0.2, 0.25) is 5.02 Å². The molecule has 24 heavy (non-hydrogen) atoms. The van der Waals surface area contributed by atoms with Gasteiger partial charge in [-0.2, -0.15) is 5.10 Å². The molecule has 0 aliphatic heterocycles. The number of ether oxygens (including phenoxy) is 1. The molecule has 0 unspecified atom stereocenters. The second-order valence-electron chi connectivity index (χ2n) is 5.50. The maximum Gasteiger partial charge on any atom is 0.331 e. The Morgan fingerprint density at radius 1 is 1.42 bits per heavy atom. The van der Waals surface area contributed by atoms with Crippen LogP contribution in [-0.2, 0) is 23.2 Å². The van der Waals surface area contributed by atoms with Crippen molar-refractivity contribution in [1.82, 2.24) is 19.2 Å². The zero-order valence-electron chi connectivity index (χ0n) is 13.7. The Balaban J connectivity index is 1.67. The number of aromatic nitrogens is 4. The number of imidazole rings is 1. The first kappa shape index (κ1) is 16.3. The molecular weight excluding hydrogens is 328 g/mol. The number of fused-ring (bicyclic) bond motifs is 1. The maximum absolute atomic E-state index is 11.9. The number of halogens is 1. The van der Waals surface area contributed by atoms with Crippen molar-refractivity contribution in [2.24, 2.45) is 7.05 Å². The second kappa shape index (κ2) is 6.49. The summed E-state index contributed by atoms with van der Waals surface area (Å²) < 4.78 is 8.85. The van der Waals surface area contributed by atoms with E-state index >= 15 is 0 Å². The van der Waals surface area contributed by atoms with E-state index in [4.69, 9.17) is 16.3 Å². The van der Waals surface area contributed by atoms with Gasteiger partial charge in [-0.3, -0.25) is 4.68 Å². The van der Waals surface area contributed by atoms with Crippen molar-refractivity contribution < 1.29 is 9.53 Å². The predicted octanol–water partition coefficient (Wildman–Crippen LogP) is 3.09. The first-order chi connectivity index (χ1) is 11.5. The van der Waals surface area contributed by atoms with Gasteiger partial charge >= 0.3 is 5.97 Å². The van der Waals surface area contributed by atoms with Crippen LogP contribution in [0.5, 0.6) is 0 Å². The van der Waals surface area contributed by atoms with Crippen molar-refractivity contribution in [2.45, 2.75) is 20.5 Å².